The summed E-state index contributed by atoms with van der Waals surface area (Å²) in [7, 11) is 0. The van der Waals surface area contributed by atoms with E-state index >= 15 is 0 Å². The molecule has 1 aromatic rings. The third-order valence-electron chi connectivity index (χ3n) is 8.74. The Morgan fingerprint density at radius 3 is 2.58 bits per heavy atom. The molecule has 6 N–H and O–H groups in total. The molecule has 4 aliphatic rings. The number of aliphatic hydroxyl groups is 5. The van der Waals surface area contributed by atoms with Crippen LogP contribution in [0.4, 0.5) is 0 Å². The average Bonchev–Trinajstić information content (AvgIpc) is 3.02. The van der Waals surface area contributed by atoms with Crippen LogP contribution in [0, 0.1) is 17.3 Å². The SMILES string of the molecule is C[C@]12CC[C@@H]3c4ccc(O[C@@H]5O[C@H](C(=O)O)[C@@H](O)C(O)C5O)cc4CC[C@H]3[C@@H]1C[C@@H](O)[C@@H]2O. The van der Waals surface area contributed by atoms with E-state index in [0.717, 1.165) is 31.2 Å². The van der Waals surface area contributed by atoms with E-state index in [1.807, 2.05) is 12.1 Å². The van der Waals surface area contributed by atoms with Crippen molar-refractivity contribution in [2.75, 3.05) is 0 Å². The molecule has 2 unspecified atom stereocenters. The van der Waals surface area contributed by atoms with Gasteiger partial charge in [-0.1, -0.05) is 13.0 Å². The molecule has 1 saturated heterocycles. The summed E-state index contributed by atoms with van der Waals surface area (Å²) in [5, 5.41) is 60.2. The second-order valence-electron chi connectivity index (χ2n) is 10.4. The van der Waals surface area contributed by atoms with E-state index in [4.69, 9.17) is 9.47 Å². The molecule has 0 radical (unpaired) electrons. The number of carboxylic acid groups (broad SMARTS) is 1. The lowest BCUT2D eigenvalue weighted by atomic mass is 9.55. The molecule has 0 amide bonds. The van der Waals surface area contributed by atoms with Gasteiger partial charge in [0.05, 0.1) is 12.2 Å². The number of carbonyl (C=O) groups is 1. The highest BCUT2D eigenvalue weighted by Gasteiger charge is 2.57. The number of benzene rings is 1. The van der Waals surface area contributed by atoms with Crippen molar-refractivity contribution < 1.29 is 44.9 Å². The number of hydrogen-bond donors (Lipinski definition) is 6. The normalized spacial score (nSPS) is 46.7. The van der Waals surface area contributed by atoms with Crippen molar-refractivity contribution in [1.82, 2.24) is 0 Å². The molecule has 9 heteroatoms. The van der Waals surface area contributed by atoms with E-state index in [-0.39, 0.29) is 11.3 Å². The number of carboxylic acids is 1. The molecule has 5 rings (SSSR count). The van der Waals surface area contributed by atoms with Gasteiger partial charge < -0.3 is 40.1 Å². The lowest BCUT2D eigenvalue weighted by Crippen LogP contribution is -2.61. The highest BCUT2D eigenvalue weighted by atomic mass is 16.7. The van der Waals surface area contributed by atoms with Gasteiger partial charge in [0.1, 0.15) is 24.1 Å². The fourth-order valence-electron chi connectivity index (χ4n) is 6.90. The van der Waals surface area contributed by atoms with E-state index in [2.05, 4.69) is 6.92 Å². The molecule has 3 aliphatic carbocycles. The fourth-order valence-corrected chi connectivity index (χ4v) is 6.90. The Labute approximate surface area is 191 Å². The highest BCUT2D eigenvalue weighted by molar-refractivity contribution is 5.73. The molecule has 3 fully saturated rings. The summed E-state index contributed by atoms with van der Waals surface area (Å²) in [6.45, 7) is 2.10. The lowest BCUT2D eigenvalue weighted by Gasteiger charge is -2.50. The maximum Gasteiger partial charge on any atom is 0.335 e. The van der Waals surface area contributed by atoms with Crippen molar-refractivity contribution in [3.05, 3.63) is 29.3 Å². The van der Waals surface area contributed by atoms with Crippen LogP contribution in [0.25, 0.3) is 0 Å². The van der Waals surface area contributed by atoms with E-state index in [1.165, 1.54) is 5.56 Å². The molecule has 1 aliphatic heterocycles. The Hall–Kier alpha value is -1.75. The number of aryl methyl sites for hydroxylation is 1. The van der Waals surface area contributed by atoms with Gasteiger partial charge in [-0.3, -0.25) is 0 Å². The Morgan fingerprint density at radius 1 is 1.09 bits per heavy atom. The Balaban J connectivity index is 1.34. The van der Waals surface area contributed by atoms with Crippen molar-refractivity contribution in [2.24, 2.45) is 17.3 Å². The lowest BCUT2D eigenvalue weighted by molar-refractivity contribution is -0.271. The van der Waals surface area contributed by atoms with Crippen molar-refractivity contribution in [3.63, 3.8) is 0 Å². The van der Waals surface area contributed by atoms with Crippen LogP contribution in [0.5, 0.6) is 5.75 Å². The summed E-state index contributed by atoms with van der Waals surface area (Å²) in [6.07, 6.45) is -5.40. The Morgan fingerprint density at radius 2 is 1.85 bits per heavy atom. The number of rotatable bonds is 3. The summed E-state index contributed by atoms with van der Waals surface area (Å²) in [5.74, 6) is -0.0622. The third-order valence-corrected chi connectivity index (χ3v) is 8.74. The zero-order valence-electron chi connectivity index (χ0n) is 18.4. The zero-order chi connectivity index (χ0) is 23.7. The van der Waals surface area contributed by atoms with Gasteiger partial charge in [-0.25, -0.2) is 4.79 Å². The van der Waals surface area contributed by atoms with Crippen molar-refractivity contribution in [3.8, 4) is 5.75 Å². The van der Waals surface area contributed by atoms with Crippen LogP contribution >= 0.6 is 0 Å². The number of hydrogen-bond acceptors (Lipinski definition) is 8. The van der Waals surface area contributed by atoms with Crippen molar-refractivity contribution >= 4 is 5.97 Å². The largest absolute Gasteiger partial charge is 0.479 e. The van der Waals surface area contributed by atoms with Gasteiger partial charge in [0.15, 0.2) is 6.10 Å². The van der Waals surface area contributed by atoms with E-state index in [0.29, 0.717) is 24.0 Å². The molecule has 182 valence electrons. The number of ether oxygens (including phenoxy) is 2. The second-order valence-corrected chi connectivity index (χ2v) is 10.4. The molecular formula is C24H32O9. The smallest absolute Gasteiger partial charge is 0.335 e. The van der Waals surface area contributed by atoms with Gasteiger partial charge in [-0.15, -0.1) is 0 Å². The van der Waals surface area contributed by atoms with Crippen LogP contribution in [-0.2, 0) is 16.0 Å². The van der Waals surface area contributed by atoms with E-state index < -0.39 is 48.9 Å². The topological polar surface area (TPSA) is 157 Å². The monoisotopic (exact) mass is 464 g/mol. The van der Waals surface area contributed by atoms with Crippen LogP contribution in [0.15, 0.2) is 18.2 Å². The summed E-state index contributed by atoms with van der Waals surface area (Å²) in [6, 6.07) is 5.60. The first kappa shape index (κ1) is 23.0. The first-order valence-electron chi connectivity index (χ1n) is 11.7. The Bertz CT molecular complexity index is 921. The highest BCUT2D eigenvalue weighted by Crippen LogP contribution is 2.61. The number of aliphatic carboxylic acids is 1. The molecule has 9 nitrogen and oxygen atoms in total. The molecule has 2 saturated carbocycles. The quantitative estimate of drug-likeness (QED) is 0.366. The van der Waals surface area contributed by atoms with Gasteiger partial charge in [-0.05, 0) is 78.5 Å². The van der Waals surface area contributed by atoms with Crippen molar-refractivity contribution in [1.29, 1.82) is 0 Å². The van der Waals surface area contributed by atoms with Crippen molar-refractivity contribution in [2.45, 2.75) is 87.9 Å². The molecule has 33 heavy (non-hydrogen) atoms. The van der Waals surface area contributed by atoms with Crippen LogP contribution in [0.1, 0.15) is 49.7 Å². The molecule has 0 spiro atoms. The van der Waals surface area contributed by atoms with E-state index in [1.54, 1.807) is 6.07 Å². The minimum Gasteiger partial charge on any atom is -0.479 e. The second kappa shape index (κ2) is 8.18. The molecule has 11 atom stereocenters. The molecule has 0 aromatic heterocycles. The first-order valence-corrected chi connectivity index (χ1v) is 11.7. The van der Waals surface area contributed by atoms with Crippen LogP contribution in [-0.4, -0.2) is 79.5 Å². The third kappa shape index (κ3) is 3.57. The fraction of sp³-hybridized carbons (Fsp3) is 0.708. The predicted molar refractivity (Wildman–Crippen MR) is 113 cm³/mol. The van der Waals surface area contributed by atoms with Crippen LogP contribution < -0.4 is 4.74 Å². The first-order chi connectivity index (χ1) is 15.6. The molecule has 1 aromatic carbocycles. The number of aliphatic hydroxyl groups excluding tert-OH is 5. The van der Waals surface area contributed by atoms with Gasteiger partial charge in [0.25, 0.3) is 0 Å². The van der Waals surface area contributed by atoms with Gasteiger partial charge in [0, 0.05) is 0 Å². The minimum atomic E-state index is -1.76. The molecule has 1 heterocycles. The van der Waals surface area contributed by atoms with Gasteiger partial charge in [-0.2, -0.15) is 0 Å². The van der Waals surface area contributed by atoms with Gasteiger partial charge in [0.2, 0.25) is 6.29 Å². The predicted octanol–water partition coefficient (Wildman–Crippen LogP) is 0.145. The summed E-state index contributed by atoms with van der Waals surface area (Å²) in [5.41, 5.74) is 2.08. The Kier molecular flexibility index (Phi) is 5.70. The average molecular weight is 465 g/mol. The van der Waals surface area contributed by atoms with Crippen LogP contribution in [0.2, 0.25) is 0 Å². The number of fused-ring (bicyclic) bond motifs is 5. The molecular weight excluding hydrogens is 432 g/mol. The van der Waals surface area contributed by atoms with E-state index in [9.17, 15) is 35.4 Å². The van der Waals surface area contributed by atoms with Crippen LogP contribution in [0.3, 0.4) is 0 Å². The standard InChI is InChI=1S/C24H32O9/c1-24-7-6-13-12-5-3-11(32-23-19(28)17(26)18(27)20(33-23)22(30)31)8-10(12)2-4-14(13)15(24)9-16(25)21(24)29/h3,5,8,13-21,23,25-29H,2,4,6-7,9H2,1H3,(H,30,31)/t13-,14-,15+,16-,17?,18+,19?,20+,21+,23-,24+/m1/s1. The minimum absolute atomic E-state index is 0.248. The summed E-state index contributed by atoms with van der Waals surface area (Å²) < 4.78 is 10.9. The maximum atomic E-state index is 11.3. The summed E-state index contributed by atoms with van der Waals surface area (Å²) >= 11 is 0. The van der Waals surface area contributed by atoms with Gasteiger partial charge >= 0.3 is 5.97 Å². The molecule has 0 bridgehead atoms. The zero-order valence-corrected chi connectivity index (χ0v) is 18.4. The maximum absolute atomic E-state index is 11.3. The summed E-state index contributed by atoms with van der Waals surface area (Å²) in [4.78, 5) is 11.3.